The van der Waals surface area contributed by atoms with Crippen molar-refractivity contribution in [3.63, 3.8) is 0 Å². The van der Waals surface area contributed by atoms with Gasteiger partial charge in [-0.05, 0) is 48.2 Å². The summed E-state index contributed by atoms with van der Waals surface area (Å²) in [5.41, 5.74) is 1.60. The number of rotatable bonds is 9. The highest BCUT2D eigenvalue weighted by molar-refractivity contribution is 6.27. The van der Waals surface area contributed by atoms with Gasteiger partial charge in [0.05, 0.1) is 14.2 Å². The van der Waals surface area contributed by atoms with E-state index in [2.05, 4.69) is 5.32 Å². The van der Waals surface area contributed by atoms with E-state index in [0.29, 0.717) is 11.3 Å². The molecule has 0 radical (unpaired) electrons. The van der Waals surface area contributed by atoms with Gasteiger partial charge in [-0.1, -0.05) is 43.5 Å². The minimum Gasteiger partial charge on any atom is -0.497 e. The number of carbonyl (C=O) groups excluding carboxylic acids is 2. The standard InChI is InChI=1S/C25H31ClN2O4/c1-31-21-12-8-18(9-13-21)17-28(23(29)16-26)24(19-10-14-22(32-2)15-11-19)25(30)27-20-6-4-3-5-7-20/h8-15,20,24H,3-7,16-17H2,1-2H3,(H,27,30)/t24-/m1/s1. The summed E-state index contributed by atoms with van der Waals surface area (Å²) in [5.74, 6) is 0.715. The van der Waals surface area contributed by atoms with Crippen molar-refractivity contribution in [3.05, 3.63) is 59.7 Å². The lowest BCUT2D eigenvalue weighted by Gasteiger charge is -2.33. The molecule has 6 nitrogen and oxygen atoms in total. The molecule has 0 bridgehead atoms. The molecule has 1 fully saturated rings. The summed E-state index contributed by atoms with van der Waals surface area (Å²) in [7, 11) is 3.20. The normalized spacial score (nSPS) is 15.0. The van der Waals surface area contributed by atoms with E-state index in [9.17, 15) is 9.59 Å². The van der Waals surface area contributed by atoms with Crippen molar-refractivity contribution in [2.75, 3.05) is 20.1 Å². The van der Waals surface area contributed by atoms with E-state index in [1.165, 1.54) is 6.42 Å². The Hall–Kier alpha value is -2.73. The Morgan fingerprint density at radius 2 is 1.53 bits per heavy atom. The van der Waals surface area contributed by atoms with Gasteiger partial charge in [0, 0.05) is 12.6 Å². The molecule has 0 saturated heterocycles. The average molecular weight is 459 g/mol. The number of hydrogen-bond donors (Lipinski definition) is 1. The van der Waals surface area contributed by atoms with Crippen molar-refractivity contribution >= 4 is 23.4 Å². The van der Waals surface area contributed by atoms with Crippen LogP contribution in [0.5, 0.6) is 11.5 Å². The van der Waals surface area contributed by atoms with Crippen LogP contribution < -0.4 is 14.8 Å². The second-order valence-corrected chi connectivity index (χ2v) is 8.29. The summed E-state index contributed by atoms with van der Waals surface area (Å²) in [4.78, 5) is 28.0. The highest BCUT2D eigenvalue weighted by atomic mass is 35.5. The van der Waals surface area contributed by atoms with Crippen LogP contribution in [0.2, 0.25) is 0 Å². The van der Waals surface area contributed by atoms with Crippen LogP contribution in [-0.4, -0.2) is 42.9 Å². The smallest absolute Gasteiger partial charge is 0.247 e. The van der Waals surface area contributed by atoms with Gasteiger partial charge in [-0.2, -0.15) is 0 Å². The van der Waals surface area contributed by atoms with Gasteiger partial charge in [-0.15, -0.1) is 11.6 Å². The predicted molar refractivity (Wildman–Crippen MR) is 125 cm³/mol. The maximum Gasteiger partial charge on any atom is 0.247 e. The molecule has 2 aromatic rings. The molecule has 1 N–H and O–H groups in total. The number of benzene rings is 2. The van der Waals surface area contributed by atoms with Crippen molar-refractivity contribution in [2.24, 2.45) is 0 Å². The van der Waals surface area contributed by atoms with Crippen LogP contribution in [0, 0.1) is 0 Å². The number of alkyl halides is 1. The lowest BCUT2D eigenvalue weighted by atomic mass is 9.94. The molecule has 2 aromatic carbocycles. The van der Waals surface area contributed by atoms with E-state index in [1.54, 1.807) is 31.3 Å². The minimum absolute atomic E-state index is 0.130. The monoisotopic (exact) mass is 458 g/mol. The molecule has 1 aliphatic carbocycles. The number of nitrogens with one attached hydrogen (secondary N) is 1. The zero-order chi connectivity index (χ0) is 22.9. The van der Waals surface area contributed by atoms with E-state index < -0.39 is 6.04 Å². The Balaban J connectivity index is 1.92. The van der Waals surface area contributed by atoms with Crippen molar-refractivity contribution < 1.29 is 19.1 Å². The summed E-state index contributed by atoms with van der Waals surface area (Å²) in [6, 6.07) is 14.0. The first-order valence-corrected chi connectivity index (χ1v) is 11.5. The lowest BCUT2D eigenvalue weighted by molar-refractivity contribution is -0.140. The lowest BCUT2D eigenvalue weighted by Crippen LogP contribution is -2.47. The van der Waals surface area contributed by atoms with Gasteiger partial charge in [-0.25, -0.2) is 0 Å². The summed E-state index contributed by atoms with van der Waals surface area (Å²) >= 11 is 5.97. The zero-order valence-electron chi connectivity index (χ0n) is 18.7. The van der Waals surface area contributed by atoms with E-state index in [4.69, 9.17) is 21.1 Å². The molecule has 0 aliphatic heterocycles. The first-order chi connectivity index (χ1) is 15.5. The van der Waals surface area contributed by atoms with Crippen LogP contribution in [0.1, 0.15) is 49.3 Å². The Morgan fingerprint density at radius 1 is 0.969 bits per heavy atom. The molecule has 0 unspecified atom stereocenters. The highest BCUT2D eigenvalue weighted by Gasteiger charge is 2.32. The third-order valence-electron chi connectivity index (χ3n) is 5.89. The molecule has 0 spiro atoms. The highest BCUT2D eigenvalue weighted by Crippen LogP contribution is 2.28. The molecular weight excluding hydrogens is 428 g/mol. The SMILES string of the molecule is COc1ccc(CN(C(=O)CCl)[C@@H](C(=O)NC2CCCCC2)c2ccc(OC)cc2)cc1. The number of nitrogens with zero attached hydrogens (tertiary/aromatic N) is 1. The second-order valence-electron chi connectivity index (χ2n) is 8.02. The van der Waals surface area contributed by atoms with E-state index in [0.717, 1.165) is 37.0 Å². The second kappa shape index (κ2) is 11.8. The fourth-order valence-corrected chi connectivity index (χ4v) is 4.27. The third-order valence-corrected chi connectivity index (χ3v) is 6.12. The largest absolute Gasteiger partial charge is 0.497 e. The summed E-state index contributed by atoms with van der Waals surface area (Å²) < 4.78 is 10.5. The van der Waals surface area contributed by atoms with Crippen molar-refractivity contribution in [3.8, 4) is 11.5 Å². The molecule has 2 amide bonds. The van der Waals surface area contributed by atoms with Gasteiger partial charge < -0.3 is 19.7 Å². The Kier molecular flexibility index (Phi) is 8.80. The van der Waals surface area contributed by atoms with Gasteiger partial charge in [0.2, 0.25) is 11.8 Å². The van der Waals surface area contributed by atoms with Gasteiger partial charge in [0.15, 0.2) is 0 Å². The molecule has 0 aromatic heterocycles. The maximum atomic E-state index is 13.5. The summed E-state index contributed by atoms with van der Waals surface area (Å²) in [5, 5.41) is 3.18. The van der Waals surface area contributed by atoms with Gasteiger partial charge in [0.1, 0.15) is 23.4 Å². The zero-order valence-corrected chi connectivity index (χ0v) is 19.4. The molecular formula is C25H31ClN2O4. The first-order valence-electron chi connectivity index (χ1n) is 11.0. The molecule has 1 saturated carbocycles. The van der Waals surface area contributed by atoms with Crippen molar-refractivity contribution in [2.45, 2.75) is 50.7 Å². The van der Waals surface area contributed by atoms with Crippen molar-refractivity contribution in [1.82, 2.24) is 10.2 Å². The van der Waals surface area contributed by atoms with Crippen LogP contribution in [0.25, 0.3) is 0 Å². The predicted octanol–water partition coefficient (Wildman–Crippen LogP) is 4.46. The number of halogens is 1. The molecule has 1 aliphatic rings. The number of ether oxygens (including phenoxy) is 2. The molecule has 32 heavy (non-hydrogen) atoms. The van der Waals surface area contributed by atoms with Crippen LogP contribution in [0.3, 0.4) is 0 Å². The molecule has 7 heteroatoms. The fraction of sp³-hybridized carbons (Fsp3) is 0.440. The summed E-state index contributed by atoms with van der Waals surface area (Å²) in [6.07, 6.45) is 5.33. The molecule has 172 valence electrons. The van der Waals surface area contributed by atoms with Gasteiger partial charge >= 0.3 is 0 Å². The van der Waals surface area contributed by atoms with Crippen LogP contribution in [-0.2, 0) is 16.1 Å². The third kappa shape index (κ3) is 6.16. The quantitative estimate of drug-likeness (QED) is 0.563. The minimum atomic E-state index is -0.795. The van der Waals surface area contributed by atoms with Gasteiger partial charge in [0.25, 0.3) is 0 Å². The fourth-order valence-electron chi connectivity index (χ4n) is 4.11. The van der Waals surface area contributed by atoms with Gasteiger partial charge in [-0.3, -0.25) is 9.59 Å². The number of methoxy groups -OCH3 is 2. The van der Waals surface area contributed by atoms with Crippen LogP contribution in [0.15, 0.2) is 48.5 Å². The molecule has 1 atom stereocenters. The Morgan fingerprint density at radius 3 is 2.06 bits per heavy atom. The molecule has 0 heterocycles. The summed E-state index contributed by atoms with van der Waals surface area (Å²) in [6.45, 7) is 0.254. The van der Waals surface area contributed by atoms with Crippen LogP contribution >= 0.6 is 11.6 Å². The molecule has 3 rings (SSSR count). The number of amides is 2. The van der Waals surface area contributed by atoms with Crippen molar-refractivity contribution in [1.29, 1.82) is 0 Å². The Bertz CT molecular complexity index is 880. The maximum absolute atomic E-state index is 13.5. The van der Waals surface area contributed by atoms with E-state index in [1.807, 2.05) is 36.4 Å². The Labute approximate surface area is 194 Å². The first kappa shape index (κ1) is 23.9. The number of carbonyl (C=O) groups is 2. The average Bonchev–Trinajstić information content (AvgIpc) is 2.84. The van der Waals surface area contributed by atoms with E-state index >= 15 is 0 Å². The van der Waals surface area contributed by atoms with Crippen LogP contribution in [0.4, 0.5) is 0 Å². The topological polar surface area (TPSA) is 67.9 Å². The van der Waals surface area contributed by atoms with E-state index in [-0.39, 0.29) is 30.3 Å². The number of hydrogen-bond acceptors (Lipinski definition) is 4.